The summed E-state index contributed by atoms with van der Waals surface area (Å²) in [4.78, 5) is 52.8. The van der Waals surface area contributed by atoms with Gasteiger partial charge in [-0.15, -0.1) is 0 Å². The molecule has 2 aliphatic heterocycles. The Hall–Kier alpha value is -4.52. The lowest BCUT2D eigenvalue weighted by atomic mass is 9.46. The number of cyclic esters (lactones) is 1. The molecule has 290 valence electrons. The van der Waals surface area contributed by atoms with Crippen molar-refractivity contribution in [1.29, 1.82) is 0 Å². The van der Waals surface area contributed by atoms with Gasteiger partial charge >= 0.3 is 11.9 Å². The van der Waals surface area contributed by atoms with Crippen molar-refractivity contribution in [2.24, 2.45) is 38.8 Å². The number of carbonyl (C=O) groups excluding carboxylic acids is 4. The van der Waals surface area contributed by atoms with Crippen LogP contribution in [0.5, 0.6) is 5.75 Å². The van der Waals surface area contributed by atoms with E-state index in [1.807, 2.05) is 19.9 Å². The van der Waals surface area contributed by atoms with Crippen LogP contribution in [-0.2, 0) is 39.8 Å². The number of allylic oxidation sites excluding steroid dienone is 4. The SMILES string of the molecule is CCCC1OC2CC3C4CCC5=CC(=O)C=CC5(C)C4C(O)CC3(C)C2(C(=O)COC(=O)Cc2ccccc2N=Nc2ccc3c(c2)C(=O)OC(C)(C)O3)O1. The fourth-order valence-electron chi connectivity index (χ4n) is 10.7. The summed E-state index contributed by atoms with van der Waals surface area (Å²) in [5.41, 5.74) is 0.0194. The second-order valence-corrected chi connectivity index (χ2v) is 16.8. The van der Waals surface area contributed by atoms with Crippen molar-refractivity contribution in [2.75, 3.05) is 6.61 Å². The average molecular weight is 753 g/mol. The van der Waals surface area contributed by atoms with E-state index in [1.54, 1.807) is 62.4 Å². The standard InChI is InChI=1S/C43H48N2O10/c1-6-9-37-52-35-21-30-28-14-12-25-19-27(46)16-17-41(25,4)38(28)32(47)22-42(30,5)43(35,54-37)34(48)23-51-36(49)18-24-10-7-8-11-31(24)45-44-26-13-15-33-29(20-26)39(50)55-40(2,3)53-33/h7-8,10-11,13,15-17,19-20,28,30,32,35,37-38,47H,6,9,12,14,18,21-23H2,1-5H3. The number of aliphatic hydroxyl groups is 1. The Bertz CT molecular complexity index is 2040. The van der Waals surface area contributed by atoms with Gasteiger partial charge in [-0.05, 0) is 85.9 Å². The quantitative estimate of drug-likeness (QED) is 0.205. The Morgan fingerprint density at radius 1 is 1.04 bits per heavy atom. The smallest absolute Gasteiger partial charge is 0.345 e. The van der Waals surface area contributed by atoms with Gasteiger partial charge in [0.15, 0.2) is 24.3 Å². The van der Waals surface area contributed by atoms with Crippen LogP contribution in [0, 0.1) is 28.6 Å². The van der Waals surface area contributed by atoms with E-state index in [0.29, 0.717) is 42.0 Å². The van der Waals surface area contributed by atoms with Gasteiger partial charge < -0.3 is 28.8 Å². The summed E-state index contributed by atoms with van der Waals surface area (Å²) in [6.45, 7) is 8.99. The average Bonchev–Trinajstić information content (AvgIpc) is 3.62. The molecule has 2 aromatic carbocycles. The molecule has 12 heteroatoms. The first-order valence-corrected chi connectivity index (χ1v) is 19.4. The van der Waals surface area contributed by atoms with Crippen LogP contribution in [-0.4, -0.2) is 65.1 Å². The molecule has 1 N–H and O–H groups in total. The van der Waals surface area contributed by atoms with E-state index in [9.17, 15) is 24.3 Å². The molecule has 1 saturated heterocycles. The van der Waals surface area contributed by atoms with Crippen LogP contribution < -0.4 is 4.74 Å². The first-order chi connectivity index (χ1) is 26.2. The van der Waals surface area contributed by atoms with E-state index in [2.05, 4.69) is 17.2 Å². The van der Waals surface area contributed by atoms with Crippen molar-refractivity contribution < 1.29 is 48.0 Å². The summed E-state index contributed by atoms with van der Waals surface area (Å²) in [5, 5.41) is 20.7. The number of fused-ring (bicyclic) bond motifs is 8. The van der Waals surface area contributed by atoms with E-state index >= 15 is 0 Å². The molecule has 3 saturated carbocycles. The summed E-state index contributed by atoms with van der Waals surface area (Å²) >= 11 is 0. The fourth-order valence-corrected chi connectivity index (χ4v) is 10.7. The van der Waals surface area contributed by atoms with Crippen LogP contribution in [0.25, 0.3) is 0 Å². The molecule has 55 heavy (non-hydrogen) atoms. The molecule has 8 rings (SSSR count). The lowest BCUT2D eigenvalue weighted by Gasteiger charge is -2.59. The highest BCUT2D eigenvalue weighted by atomic mass is 16.7. The molecule has 0 amide bonds. The Morgan fingerprint density at radius 3 is 2.64 bits per heavy atom. The number of azo groups is 1. The maximum absolute atomic E-state index is 14.6. The Labute approximate surface area is 320 Å². The zero-order chi connectivity index (χ0) is 38.9. The minimum absolute atomic E-state index is 0.00917. The van der Waals surface area contributed by atoms with Gasteiger partial charge in [0.2, 0.25) is 11.6 Å². The molecular formula is C43H48N2O10. The van der Waals surface area contributed by atoms with Crippen molar-refractivity contribution in [3.8, 4) is 5.75 Å². The predicted molar refractivity (Wildman–Crippen MR) is 198 cm³/mol. The minimum Gasteiger partial charge on any atom is -0.457 e. The van der Waals surface area contributed by atoms with Crippen molar-refractivity contribution >= 4 is 34.9 Å². The highest BCUT2D eigenvalue weighted by Gasteiger charge is 2.76. The van der Waals surface area contributed by atoms with E-state index < -0.39 is 59.3 Å². The Kier molecular flexibility index (Phi) is 9.25. The Balaban J connectivity index is 0.989. The maximum atomic E-state index is 14.6. The largest absolute Gasteiger partial charge is 0.457 e. The molecule has 4 fully saturated rings. The third-order valence-corrected chi connectivity index (χ3v) is 13.1. The molecule has 9 unspecified atom stereocenters. The number of Topliss-reactive ketones (excluding diaryl/α,β-unsaturated/α-hetero) is 1. The van der Waals surface area contributed by atoms with Gasteiger partial charge in [-0.25, -0.2) is 4.79 Å². The number of ether oxygens (including phenoxy) is 5. The Morgan fingerprint density at radius 2 is 1.84 bits per heavy atom. The normalized spacial score (nSPS) is 35.4. The van der Waals surface area contributed by atoms with Gasteiger partial charge in [0.25, 0.3) is 0 Å². The van der Waals surface area contributed by atoms with Gasteiger partial charge in [0.1, 0.15) is 11.3 Å². The predicted octanol–water partition coefficient (Wildman–Crippen LogP) is 7.21. The zero-order valence-corrected chi connectivity index (χ0v) is 31.9. The lowest BCUT2D eigenvalue weighted by Crippen LogP contribution is -2.63. The van der Waals surface area contributed by atoms with Crippen LogP contribution in [0.2, 0.25) is 0 Å². The molecule has 0 spiro atoms. The van der Waals surface area contributed by atoms with Crippen LogP contribution >= 0.6 is 0 Å². The zero-order valence-electron chi connectivity index (χ0n) is 31.9. The van der Waals surface area contributed by atoms with Crippen molar-refractivity contribution in [3.63, 3.8) is 0 Å². The molecule has 4 aliphatic carbocycles. The van der Waals surface area contributed by atoms with Gasteiger partial charge in [0, 0.05) is 30.6 Å². The maximum Gasteiger partial charge on any atom is 0.345 e. The van der Waals surface area contributed by atoms with Gasteiger partial charge in [-0.3, -0.25) is 14.4 Å². The van der Waals surface area contributed by atoms with E-state index in [1.165, 1.54) is 6.07 Å². The van der Waals surface area contributed by atoms with Gasteiger partial charge in [-0.2, -0.15) is 10.2 Å². The van der Waals surface area contributed by atoms with E-state index in [4.69, 9.17) is 23.7 Å². The molecule has 12 nitrogen and oxygen atoms in total. The monoisotopic (exact) mass is 752 g/mol. The second kappa shape index (κ2) is 13.6. The minimum atomic E-state index is -1.40. The number of benzene rings is 2. The van der Waals surface area contributed by atoms with Crippen LogP contribution in [0.1, 0.15) is 89.1 Å². The van der Waals surface area contributed by atoms with E-state index in [0.717, 1.165) is 24.8 Å². The van der Waals surface area contributed by atoms with Crippen LogP contribution in [0.4, 0.5) is 11.4 Å². The van der Waals surface area contributed by atoms with Crippen molar-refractivity contribution in [2.45, 2.75) is 109 Å². The molecule has 9 atom stereocenters. The van der Waals surface area contributed by atoms with Crippen molar-refractivity contribution in [3.05, 3.63) is 77.4 Å². The van der Waals surface area contributed by atoms with Crippen LogP contribution in [0.3, 0.4) is 0 Å². The highest BCUT2D eigenvalue weighted by Crippen LogP contribution is 2.69. The van der Waals surface area contributed by atoms with Crippen molar-refractivity contribution in [1.82, 2.24) is 0 Å². The topological polar surface area (TPSA) is 159 Å². The second-order valence-electron chi connectivity index (χ2n) is 16.8. The first kappa shape index (κ1) is 37.4. The number of hydrogen-bond donors (Lipinski definition) is 1. The highest BCUT2D eigenvalue weighted by molar-refractivity contribution is 6.01. The summed E-state index contributed by atoms with van der Waals surface area (Å²) in [7, 11) is 0. The molecule has 0 bridgehead atoms. The number of hydrogen-bond acceptors (Lipinski definition) is 12. The third-order valence-electron chi connectivity index (χ3n) is 13.1. The number of ketones is 2. The summed E-state index contributed by atoms with van der Waals surface area (Å²) in [6, 6.07) is 11.8. The third kappa shape index (κ3) is 6.17. The first-order valence-electron chi connectivity index (χ1n) is 19.4. The molecule has 0 aromatic heterocycles. The molecular weight excluding hydrogens is 704 g/mol. The lowest BCUT2D eigenvalue weighted by molar-refractivity contribution is -0.201. The summed E-state index contributed by atoms with van der Waals surface area (Å²) in [6.07, 6.45) is 7.12. The molecule has 0 radical (unpaired) electrons. The summed E-state index contributed by atoms with van der Waals surface area (Å²) in [5.74, 6) is -2.25. The molecule has 6 aliphatic rings. The molecule has 2 aromatic rings. The van der Waals surface area contributed by atoms with Crippen LogP contribution in [0.15, 0.2) is 76.5 Å². The fraction of sp³-hybridized carbons (Fsp3) is 0.535. The van der Waals surface area contributed by atoms with Gasteiger partial charge in [-0.1, -0.05) is 57.0 Å². The number of aliphatic hydroxyl groups excluding tert-OH is 1. The molecule has 2 heterocycles. The number of rotatable bonds is 9. The number of esters is 2. The number of nitrogens with zero attached hydrogens (tertiary/aromatic N) is 2. The number of carbonyl (C=O) groups is 4. The van der Waals surface area contributed by atoms with E-state index in [-0.39, 0.29) is 41.3 Å². The summed E-state index contributed by atoms with van der Waals surface area (Å²) < 4.78 is 30.0. The van der Waals surface area contributed by atoms with Gasteiger partial charge in [0.05, 0.1) is 30.0 Å².